The Morgan fingerprint density at radius 2 is 2.21 bits per heavy atom. The molecule has 0 aromatic carbocycles. The molecule has 1 aromatic heterocycles. The first-order valence-electron chi connectivity index (χ1n) is 8.53. The van der Waals surface area contributed by atoms with Gasteiger partial charge in [0.05, 0.1) is 11.5 Å². The van der Waals surface area contributed by atoms with Crippen molar-refractivity contribution in [2.24, 2.45) is 5.92 Å². The van der Waals surface area contributed by atoms with E-state index in [9.17, 15) is 13.2 Å². The Morgan fingerprint density at radius 3 is 2.79 bits per heavy atom. The maximum atomic E-state index is 12.2. The molecule has 2 rings (SSSR count). The van der Waals surface area contributed by atoms with E-state index in [1.165, 1.54) is 0 Å². The molecule has 1 N–H and O–H groups in total. The predicted molar refractivity (Wildman–Crippen MR) is 96.1 cm³/mol. The largest absolute Gasteiger partial charge is 0.368 e. The highest BCUT2D eigenvalue weighted by atomic mass is 32.2. The molecule has 1 aromatic rings. The van der Waals surface area contributed by atoms with Gasteiger partial charge in [0.2, 0.25) is 0 Å². The number of carbonyl (C=O) groups excluding carboxylic acids is 1. The van der Waals surface area contributed by atoms with E-state index in [2.05, 4.69) is 29.0 Å². The summed E-state index contributed by atoms with van der Waals surface area (Å²) in [6.07, 6.45) is 3.17. The summed E-state index contributed by atoms with van der Waals surface area (Å²) in [6, 6.07) is 3.55. The summed E-state index contributed by atoms with van der Waals surface area (Å²) in [7, 11) is -2.94. The number of anilines is 1. The lowest BCUT2D eigenvalue weighted by molar-refractivity contribution is 0.0947. The second-order valence-corrected chi connectivity index (χ2v) is 8.91. The van der Waals surface area contributed by atoms with Gasteiger partial charge >= 0.3 is 0 Å². The smallest absolute Gasteiger partial charge is 0.269 e. The third kappa shape index (κ3) is 4.93. The number of nitrogens with one attached hydrogen (secondary N) is 1. The maximum absolute atomic E-state index is 12.2. The van der Waals surface area contributed by atoms with E-state index in [0.717, 1.165) is 12.1 Å². The lowest BCUT2D eigenvalue weighted by atomic mass is 10.1. The zero-order valence-electron chi connectivity index (χ0n) is 14.7. The molecule has 1 amide bonds. The van der Waals surface area contributed by atoms with Gasteiger partial charge in [-0.15, -0.1) is 0 Å². The van der Waals surface area contributed by atoms with Crippen LogP contribution in [0.3, 0.4) is 0 Å². The van der Waals surface area contributed by atoms with Gasteiger partial charge in [-0.3, -0.25) is 9.78 Å². The van der Waals surface area contributed by atoms with Crippen molar-refractivity contribution in [1.29, 1.82) is 0 Å². The topological polar surface area (TPSA) is 79.4 Å². The lowest BCUT2D eigenvalue weighted by Gasteiger charge is -2.29. The van der Waals surface area contributed by atoms with Crippen molar-refractivity contribution in [2.75, 3.05) is 29.5 Å². The van der Waals surface area contributed by atoms with E-state index in [-0.39, 0.29) is 23.5 Å². The average molecular weight is 353 g/mol. The van der Waals surface area contributed by atoms with Crippen LogP contribution < -0.4 is 10.2 Å². The van der Waals surface area contributed by atoms with Crippen molar-refractivity contribution in [3.63, 3.8) is 0 Å². The number of pyridine rings is 1. The quantitative estimate of drug-likeness (QED) is 0.809. The Kier molecular flexibility index (Phi) is 6.21. The normalized spacial score (nSPS) is 19.4. The summed E-state index contributed by atoms with van der Waals surface area (Å²) in [4.78, 5) is 18.4. The van der Waals surface area contributed by atoms with Crippen molar-refractivity contribution < 1.29 is 13.2 Å². The van der Waals surface area contributed by atoms with Crippen LogP contribution in [0.15, 0.2) is 18.3 Å². The first-order chi connectivity index (χ1) is 11.3. The molecule has 2 heterocycles. The Hall–Kier alpha value is -1.63. The van der Waals surface area contributed by atoms with Gasteiger partial charge in [0.15, 0.2) is 9.84 Å². The molecule has 1 aliphatic rings. The zero-order chi connectivity index (χ0) is 17.7. The molecule has 1 saturated heterocycles. The van der Waals surface area contributed by atoms with E-state index >= 15 is 0 Å². The Balaban J connectivity index is 2.09. The standard InChI is InChI=1S/C17H27N3O3S/c1-4-20(15-7-10-24(22,23)12-15)14-6-9-18-16(11-14)17(21)19-8-5-13(2)3/h6,9,11,13,15H,4-5,7-8,10,12H2,1-3H3,(H,19,21). The minimum absolute atomic E-state index is 0.0285. The molecule has 1 atom stereocenters. The zero-order valence-corrected chi connectivity index (χ0v) is 15.5. The molecule has 0 aliphatic carbocycles. The van der Waals surface area contributed by atoms with E-state index in [4.69, 9.17) is 0 Å². The van der Waals surface area contributed by atoms with Gasteiger partial charge in [0, 0.05) is 31.0 Å². The van der Waals surface area contributed by atoms with Crippen molar-refractivity contribution in [1.82, 2.24) is 10.3 Å². The molecule has 134 valence electrons. The number of carbonyl (C=O) groups is 1. The molecular weight excluding hydrogens is 326 g/mol. The van der Waals surface area contributed by atoms with E-state index in [1.54, 1.807) is 12.3 Å². The van der Waals surface area contributed by atoms with Gasteiger partial charge in [-0.05, 0) is 37.8 Å². The monoisotopic (exact) mass is 353 g/mol. The van der Waals surface area contributed by atoms with Crippen LogP contribution >= 0.6 is 0 Å². The number of sulfone groups is 1. The second-order valence-electron chi connectivity index (χ2n) is 6.68. The van der Waals surface area contributed by atoms with Crippen molar-refractivity contribution in [3.8, 4) is 0 Å². The fourth-order valence-corrected chi connectivity index (χ4v) is 4.69. The molecule has 1 unspecified atom stereocenters. The molecule has 1 aliphatic heterocycles. The van der Waals surface area contributed by atoms with E-state index in [0.29, 0.717) is 31.1 Å². The first kappa shape index (κ1) is 18.7. The number of nitrogens with zero attached hydrogens (tertiary/aromatic N) is 2. The average Bonchev–Trinajstić information content (AvgIpc) is 2.88. The first-order valence-corrected chi connectivity index (χ1v) is 10.4. The second kappa shape index (κ2) is 7.96. The third-order valence-electron chi connectivity index (χ3n) is 4.30. The van der Waals surface area contributed by atoms with Gasteiger partial charge in [0.25, 0.3) is 5.91 Å². The number of rotatable bonds is 7. The van der Waals surface area contributed by atoms with Crippen LogP contribution in [-0.4, -0.2) is 49.9 Å². The molecule has 0 radical (unpaired) electrons. The summed E-state index contributed by atoms with van der Waals surface area (Å²) in [5.74, 6) is 0.762. The maximum Gasteiger partial charge on any atom is 0.269 e. The summed E-state index contributed by atoms with van der Waals surface area (Å²) in [5.41, 5.74) is 1.22. The van der Waals surface area contributed by atoms with Crippen LogP contribution in [-0.2, 0) is 9.84 Å². The molecule has 0 saturated carbocycles. The van der Waals surface area contributed by atoms with Crippen LogP contribution in [0.5, 0.6) is 0 Å². The predicted octanol–water partition coefficient (Wildman–Crippen LogP) is 1.87. The van der Waals surface area contributed by atoms with Crippen LogP contribution in [0.2, 0.25) is 0 Å². The minimum Gasteiger partial charge on any atom is -0.368 e. The highest BCUT2D eigenvalue weighted by Gasteiger charge is 2.32. The number of aromatic nitrogens is 1. The molecule has 7 heteroatoms. The molecule has 0 spiro atoms. The summed E-state index contributed by atoms with van der Waals surface area (Å²) >= 11 is 0. The molecule has 6 nitrogen and oxygen atoms in total. The Bertz CT molecular complexity index is 673. The fourth-order valence-electron chi connectivity index (χ4n) is 2.96. The van der Waals surface area contributed by atoms with Crippen molar-refractivity contribution >= 4 is 21.4 Å². The lowest BCUT2D eigenvalue weighted by Crippen LogP contribution is -2.36. The Morgan fingerprint density at radius 1 is 1.46 bits per heavy atom. The third-order valence-corrected chi connectivity index (χ3v) is 6.06. The molecule has 1 fully saturated rings. The highest BCUT2D eigenvalue weighted by Crippen LogP contribution is 2.24. The van der Waals surface area contributed by atoms with Gasteiger partial charge in [-0.25, -0.2) is 8.42 Å². The number of hydrogen-bond acceptors (Lipinski definition) is 5. The SMILES string of the molecule is CCN(c1ccnc(C(=O)NCCC(C)C)c1)C1CCS(=O)(=O)C1. The van der Waals surface area contributed by atoms with E-state index < -0.39 is 9.84 Å². The Labute approximate surface area is 144 Å². The van der Waals surface area contributed by atoms with Crippen LogP contribution in [0.1, 0.15) is 44.1 Å². The van der Waals surface area contributed by atoms with Crippen LogP contribution in [0, 0.1) is 5.92 Å². The fraction of sp³-hybridized carbons (Fsp3) is 0.647. The minimum atomic E-state index is -2.94. The summed E-state index contributed by atoms with van der Waals surface area (Å²) in [5, 5.41) is 2.88. The summed E-state index contributed by atoms with van der Waals surface area (Å²) in [6.45, 7) is 7.53. The van der Waals surface area contributed by atoms with Gasteiger partial charge in [0.1, 0.15) is 5.69 Å². The van der Waals surface area contributed by atoms with Gasteiger partial charge < -0.3 is 10.2 Å². The number of amides is 1. The van der Waals surface area contributed by atoms with Crippen molar-refractivity contribution in [3.05, 3.63) is 24.0 Å². The highest BCUT2D eigenvalue weighted by molar-refractivity contribution is 7.91. The van der Waals surface area contributed by atoms with Gasteiger partial charge in [-0.1, -0.05) is 13.8 Å². The van der Waals surface area contributed by atoms with Gasteiger partial charge in [-0.2, -0.15) is 0 Å². The number of hydrogen-bond donors (Lipinski definition) is 1. The van der Waals surface area contributed by atoms with E-state index in [1.807, 2.05) is 13.0 Å². The molecular formula is C17H27N3O3S. The molecule has 0 bridgehead atoms. The van der Waals surface area contributed by atoms with Crippen LogP contribution in [0.25, 0.3) is 0 Å². The summed E-state index contributed by atoms with van der Waals surface area (Å²) < 4.78 is 23.5. The van der Waals surface area contributed by atoms with Crippen molar-refractivity contribution in [2.45, 2.75) is 39.7 Å². The van der Waals surface area contributed by atoms with Crippen LogP contribution in [0.4, 0.5) is 5.69 Å². The molecule has 24 heavy (non-hydrogen) atoms.